The Morgan fingerprint density at radius 3 is 2.56 bits per heavy atom. The number of aryl methyl sites for hydroxylation is 1. The Balaban J connectivity index is 1.94. The number of hydrogen-bond acceptors (Lipinski definition) is 2. The average molecular weight is 249 g/mol. The molecule has 1 aromatic rings. The minimum Gasteiger partial charge on any atom is -0.493 e. The first-order chi connectivity index (χ1) is 8.84. The van der Waals surface area contributed by atoms with Gasteiger partial charge in [0.1, 0.15) is 5.75 Å². The Kier molecular flexibility index (Phi) is 8.32. The molecule has 0 saturated heterocycles. The first-order valence-electron chi connectivity index (χ1n) is 7.23. The van der Waals surface area contributed by atoms with Crippen LogP contribution in [0.5, 0.6) is 5.75 Å². The predicted octanol–water partition coefficient (Wildman–Crippen LogP) is 3.93. The van der Waals surface area contributed by atoms with Gasteiger partial charge in [-0.1, -0.05) is 38.0 Å². The van der Waals surface area contributed by atoms with Gasteiger partial charge in [-0.05, 0) is 50.9 Å². The van der Waals surface area contributed by atoms with E-state index in [1.807, 2.05) is 18.2 Å². The third kappa shape index (κ3) is 6.65. The van der Waals surface area contributed by atoms with Gasteiger partial charge in [-0.15, -0.1) is 0 Å². The summed E-state index contributed by atoms with van der Waals surface area (Å²) in [5.41, 5.74) is 1.22. The second-order valence-corrected chi connectivity index (χ2v) is 4.78. The lowest BCUT2D eigenvalue weighted by Gasteiger charge is -2.08. The SMILES string of the molecule is CCCNCCCCCCOc1ccccc1C. The molecule has 1 aromatic carbocycles. The zero-order valence-electron chi connectivity index (χ0n) is 11.9. The molecule has 0 heterocycles. The number of nitrogens with one attached hydrogen (secondary N) is 1. The van der Waals surface area contributed by atoms with Crippen LogP contribution in [0.25, 0.3) is 0 Å². The highest BCUT2D eigenvalue weighted by Crippen LogP contribution is 2.16. The largest absolute Gasteiger partial charge is 0.493 e. The molecule has 0 fully saturated rings. The molecule has 0 aliphatic heterocycles. The third-order valence-electron chi connectivity index (χ3n) is 3.03. The highest BCUT2D eigenvalue weighted by molar-refractivity contribution is 5.31. The minimum atomic E-state index is 0.841. The predicted molar refractivity (Wildman–Crippen MR) is 78.3 cm³/mol. The number of rotatable bonds is 10. The van der Waals surface area contributed by atoms with Crippen molar-refractivity contribution in [2.75, 3.05) is 19.7 Å². The lowest BCUT2D eigenvalue weighted by atomic mass is 10.2. The molecule has 0 amide bonds. The van der Waals surface area contributed by atoms with E-state index in [-0.39, 0.29) is 0 Å². The summed E-state index contributed by atoms with van der Waals surface area (Å²) in [6, 6.07) is 8.21. The Morgan fingerprint density at radius 2 is 1.78 bits per heavy atom. The van der Waals surface area contributed by atoms with Crippen molar-refractivity contribution in [3.63, 3.8) is 0 Å². The molecule has 0 bridgehead atoms. The minimum absolute atomic E-state index is 0.841. The van der Waals surface area contributed by atoms with E-state index in [0.29, 0.717) is 0 Å². The normalized spacial score (nSPS) is 10.6. The Hall–Kier alpha value is -1.02. The van der Waals surface area contributed by atoms with Gasteiger partial charge in [-0.25, -0.2) is 0 Å². The van der Waals surface area contributed by atoms with Crippen LogP contribution in [0.4, 0.5) is 0 Å². The fourth-order valence-corrected chi connectivity index (χ4v) is 1.91. The van der Waals surface area contributed by atoms with Gasteiger partial charge >= 0.3 is 0 Å². The topological polar surface area (TPSA) is 21.3 Å². The second-order valence-electron chi connectivity index (χ2n) is 4.78. The molecule has 18 heavy (non-hydrogen) atoms. The fourth-order valence-electron chi connectivity index (χ4n) is 1.91. The molecule has 2 heteroatoms. The summed E-state index contributed by atoms with van der Waals surface area (Å²) in [6.07, 6.45) is 6.23. The van der Waals surface area contributed by atoms with Gasteiger partial charge in [0.25, 0.3) is 0 Å². The third-order valence-corrected chi connectivity index (χ3v) is 3.03. The van der Waals surface area contributed by atoms with Gasteiger partial charge in [0, 0.05) is 0 Å². The Labute approximate surface area is 112 Å². The van der Waals surface area contributed by atoms with E-state index < -0.39 is 0 Å². The number of hydrogen-bond donors (Lipinski definition) is 1. The van der Waals surface area contributed by atoms with Gasteiger partial charge < -0.3 is 10.1 Å². The van der Waals surface area contributed by atoms with Crippen molar-refractivity contribution in [2.24, 2.45) is 0 Å². The summed E-state index contributed by atoms with van der Waals surface area (Å²) in [5.74, 6) is 1.03. The fraction of sp³-hybridized carbons (Fsp3) is 0.625. The molecule has 0 spiro atoms. The molecule has 102 valence electrons. The molecule has 2 nitrogen and oxygen atoms in total. The first-order valence-corrected chi connectivity index (χ1v) is 7.23. The molecule has 0 aliphatic rings. The van der Waals surface area contributed by atoms with Gasteiger partial charge in [-0.2, -0.15) is 0 Å². The smallest absolute Gasteiger partial charge is 0.122 e. The second kappa shape index (κ2) is 9.95. The quantitative estimate of drug-likeness (QED) is 0.634. The molecule has 0 aromatic heterocycles. The number of benzene rings is 1. The van der Waals surface area contributed by atoms with Gasteiger partial charge in [0.05, 0.1) is 6.61 Å². The highest BCUT2D eigenvalue weighted by Gasteiger charge is 1.97. The molecule has 0 aliphatic carbocycles. The Morgan fingerprint density at radius 1 is 1.00 bits per heavy atom. The van der Waals surface area contributed by atoms with Crippen molar-refractivity contribution < 1.29 is 4.74 Å². The maximum absolute atomic E-state index is 5.77. The standard InChI is InChI=1S/C16H27NO/c1-3-12-17-13-8-4-5-9-14-18-16-11-7-6-10-15(16)2/h6-7,10-11,17H,3-5,8-9,12-14H2,1-2H3. The first kappa shape index (κ1) is 15.0. The van der Waals surface area contributed by atoms with Crippen molar-refractivity contribution in [2.45, 2.75) is 46.0 Å². The van der Waals surface area contributed by atoms with E-state index in [9.17, 15) is 0 Å². The summed E-state index contributed by atoms with van der Waals surface area (Å²) in [4.78, 5) is 0. The van der Waals surface area contributed by atoms with E-state index >= 15 is 0 Å². The van der Waals surface area contributed by atoms with Crippen LogP contribution < -0.4 is 10.1 Å². The van der Waals surface area contributed by atoms with E-state index in [0.717, 1.165) is 31.9 Å². The van der Waals surface area contributed by atoms with Gasteiger partial charge in [0.2, 0.25) is 0 Å². The molecular weight excluding hydrogens is 222 g/mol. The molecule has 0 atom stereocenters. The highest BCUT2D eigenvalue weighted by atomic mass is 16.5. The molecule has 0 radical (unpaired) electrons. The number of ether oxygens (including phenoxy) is 1. The van der Waals surface area contributed by atoms with Crippen molar-refractivity contribution >= 4 is 0 Å². The van der Waals surface area contributed by atoms with Crippen molar-refractivity contribution in [1.82, 2.24) is 5.32 Å². The van der Waals surface area contributed by atoms with E-state index in [1.165, 1.54) is 31.2 Å². The lowest BCUT2D eigenvalue weighted by molar-refractivity contribution is 0.302. The van der Waals surface area contributed by atoms with E-state index in [4.69, 9.17) is 4.74 Å². The molecule has 0 saturated carbocycles. The van der Waals surface area contributed by atoms with Crippen LogP contribution in [0.2, 0.25) is 0 Å². The number of para-hydroxylation sites is 1. The molecular formula is C16H27NO. The average Bonchev–Trinajstić information content (AvgIpc) is 2.39. The van der Waals surface area contributed by atoms with E-state index in [1.54, 1.807) is 0 Å². The zero-order chi connectivity index (χ0) is 13.1. The Bertz CT molecular complexity index is 312. The van der Waals surface area contributed by atoms with Crippen molar-refractivity contribution in [3.8, 4) is 5.75 Å². The van der Waals surface area contributed by atoms with Crippen LogP contribution in [0.1, 0.15) is 44.6 Å². The van der Waals surface area contributed by atoms with Crippen LogP contribution >= 0.6 is 0 Å². The van der Waals surface area contributed by atoms with Crippen molar-refractivity contribution in [1.29, 1.82) is 0 Å². The van der Waals surface area contributed by atoms with Gasteiger partial charge in [-0.3, -0.25) is 0 Å². The van der Waals surface area contributed by atoms with Crippen LogP contribution in [0, 0.1) is 6.92 Å². The lowest BCUT2D eigenvalue weighted by Crippen LogP contribution is -2.15. The van der Waals surface area contributed by atoms with Crippen LogP contribution in [-0.4, -0.2) is 19.7 Å². The van der Waals surface area contributed by atoms with Gasteiger partial charge in [0.15, 0.2) is 0 Å². The van der Waals surface area contributed by atoms with Crippen LogP contribution in [0.15, 0.2) is 24.3 Å². The van der Waals surface area contributed by atoms with Crippen LogP contribution in [0.3, 0.4) is 0 Å². The van der Waals surface area contributed by atoms with E-state index in [2.05, 4.69) is 25.2 Å². The summed E-state index contributed by atoms with van der Waals surface area (Å²) in [7, 11) is 0. The number of unbranched alkanes of at least 4 members (excludes halogenated alkanes) is 3. The molecule has 0 unspecified atom stereocenters. The summed E-state index contributed by atoms with van der Waals surface area (Å²) < 4.78 is 5.77. The maximum Gasteiger partial charge on any atom is 0.122 e. The van der Waals surface area contributed by atoms with Crippen molar-refractivity contribution in [3.05, 3.63) is 29.8 Å². The van der Waals surface area contributed by atoms with Crippen LogP contribution in [-0.2, 0) is 0 Å². The summed E-state index contributed by atoms with van der Waals surface area (Å²) >= 11 is 0. The molecule has 1 N–H and O–H groups in total. The zero-order valence-corrected chi connectivity index (χ0v) is 11.9. The molecule has 1 rings (SSSR count). The maximum atomic E-state index is 5.77. The monoisotopic (exact) mass is 249 g/mol. The summed E-state index contributed by atoms with van der Waals surface area (Å²) in [6.45, 7) is 7.45. The summed E-state index contributed by atoms with van der Waals surface area (Å²) in [5, 5.41) is 3.43.